The van der Waals surface area contributed by atoms with Crippen LogP contribution in [0.5, 0.6) is 0 Å². The quantitative estimate of drug-likeness (QED) is 0.726. The predicted octanol–water partition coefficient (Wildman–Crippen LogP) is 2.57. The molecule has 3 atom stereocenters. The van der Waals surface area contributed by atoms with E-state index < -0.39 is 15.9 Å². The summed E-state index contributed by atoms with van der Waals surface area (Å²) >= 11 is 0. The van der Waals surface area contributed by atoms with Gasteiger partial charge in [-0.15, -0.1) is 9.24 Å². The Hall–Kier alpha value is -1.48. The maximum absolute atomic E-state index is 12.4. The Bertz CT molecular complexity index is 821. The summed E-state index contributed by atoms with van der Waals surface area (Å²) in [6, 6.07) is 11.8. The van der Waals surface area contributed by atoms with Crippen molar-refractivity contribution >= 4 is 50.1 Å². The molecule has 0 aliphatic rings. The van der Waals surface area contributed by atoms with Crippen LogP contribution in [-0.4, -0.2) is 16.9 Å². The topological polar surface area (TPSA) is 82.1 Å². The van der Waals surface area contributed by atoms with Crippen molar-refractivity contribution in [2.45, 2.75) is 11.8 Å². The summed E-state index contributed by atoms with van der Waals surface area (Å²) in [5, 5.41) is 4.55. The first-order valence-electron chi connectivity index (χ1n) is 6.84. The van der Waals surface area contributed by atoms with E-state index in [1.807, 2.05) is 31.8 Å². The molecule has 0 saturated heterocycles. The molecule has 122 valence electrons. The fraction of sp³-hybridized carbons (Fsp3) is 0.133. The van der Waals surface area contributed by atoms with Crippen molar-refractivity contribution in [3.05, 3.63) is 48.0 Å². The maximum atomic E-state index is 12.4. The number of carbonyl (C=O) groups excluding carboxylic acids is 1. The predicted molar refractivity (Wildman–Crippen MR) is 102 cm³/mol. The van der Waals surface area contributed by atoms with Crippen molar-refractivity contribution in [3.8, 4) is 0 Å². The van der Waals surface area contributed by atoms with Crippen LogP contribution in [0.2, 0.25) is 0 Å². The van der Waals surface area contributed by atoms with Crippen LogP contribution in [0.15, 0.2) is 47.4 Å². The molecule has 0 heterocycles. The number of anilines is 1. The van der Waals surface area contributed by atoms with Gasteiger partial charge in [0.15, 0.2) is 9.92 Å². The van der Waals surface area contributed by atoms with Gasteiger partial charge >= 0.3 is 6.03 Å². The second-order valence-corrected chi connectivity index (χ2v) is 8.39. The smallest absolute Gasteiger partial charge is 0.306 e. The largest absolute Gasteiger partial charge is 0.331 e. The van der Waals surface area contributed by atoms with Gasteiger partial charge < -0.3 is 5.32 Å². The Kier molecular flexibility index (Phi) is 5.74. The number of hydrogen-bond acceptors (Lipinski definition) is 3. The highest BCUT2D eigenvalue weighted by atomic mass is 32.2. The molecule has 2 rings (SSSR count). The molecule has 2 aromatic rings. The van der Waals surface area contributed by atoms with E-state index in [0.717, 1.165) is 16.2 Å². The summed E-state index contributed by atoms with van der Waals surface area (Å²) < 4.78 is 22.6. The van der Waals surface area contributed by atoms with Crippen LogP contribution in [0, 0.1) is 11.7 Å². The third kappa shape index (κ3) is 4.51. The number of hydrogen-bond donors (Lipinski definition) is 3. The van der Waals surface area contributed by atoms with E-state index in [-0.39, 0.29) is 4.90 Å². The molecule has 2 amide bonds. The zero-order chi connectivity index (χ0) is 17.0. The van der Waals surface area contributed by atoms with Crippen molar-refractivity contribution in [1.82, 2.24) is 4.72 Å². The SMILES string of the molecule is CPc1cccc(P)c1NC(=O)NS(=N)(=O)c1ccc(C)cc1. The zero-order valence-corrected chi connectivity index (χ0v) is 15.8. The highest BCUT2D eigenvalue weighted by Gasteiger charge is 2.15. The van der Waals surface area contributed by atoms with Gasteiger partial charge in [0.2, 0.25) is 0 Å². The normalized spacial score (nSPS) is 13.7. The Morgan fingerprint density at radius 2 is 1.87 bits per heavy atom. The summed E-state index contributed by atoms with van der Waals surface area (Å²) in [5.74, 6) is 0. The first-order valence-corrected chi connectivity index (χ1v) is 10.5. The van der Waals surface area contributed by atoms with Crippen molar-refractivity contribution < 1.29 is 9.00 Å². The zero-order valence-electron chi connectivity index (χ0n) is 12.8. The van der Waals surface area contributed by atoms with Gasteiger partial charge in [-0.2, -0.15) is 0 Å². The molecule has 23 heavy (non-hydrogen) atoms. The molecule has 8 heteroatoms. The lowest BCUT2D eigenvalue weighted by atomic mass is 10.2. The number of nitrogens with one attached hydrogen (secondary N) is 3. The van der Waals surface area contributed by atoms with Crippen LogP contribution in [0.1, 0.15) is 5.56 Å². The van der Waals surface area contributed by atoms with Gasteiger partial charge in [0.05, 0.1) is 10.6 Å². The average Bonchev–Trinajstić information content (AvgIpc) is 2.49. The molecule has 3 unspecified atom stereocenters. The third-order valence-corrected chi connectivity index (χ3v) is 6.04. The van der Waals surface area contributed by atoms with E-state index in [4.69, 9.17) is 4.78 Å². The molecule has 5 nitrogen and oxygen atoms in total. The van der Waals surface area contributed by atoms with Crippen molar-refractivity contribution in [2.24, 2.45) is 0 Å². The molecule has 2 aromatic carbocycles. The number of para-hydroxylation sites is 1. The molecule has 3 N–H and O–H groups in total. The first-order chi connectivity index (χ1) is 10.8. The van der Waals surface area contributed by atoms with E-state index in [1.165, 1.54) is 0 Å². The van der Waals surface area contributed by atoms with Gasteiger partial charge in [0.1, 0.15) is 0 Å². The number of carbonyl (C=O) groups is 1. The number of urea groups is 1. The number of rotatable bonds is 4. The second-order valence-electron chi connectivity index (χ2n) is 4.95. The summed E-state index contributed by atoms with van der Waals surface area (Å²) in [6.07, 6.45) is 0. The fourth-order valence-corrected chi connectivity index (χ4v) is 4.13. The molecule has 0 radical (unpaired) electrons. The third-order valence-electron chi connectivity index (χ3n) is 3.19. The van der Waals surface area contributed by atoms with Crippen LogP contribution in [0.4, 0.5) is 10.5 Å². The molecular weight excluding hydrogens is 348 g/mol. The summed E-state index contributed by atoms with van der Waals surface area (Å²) in [5.41, 5.74) is 1.67. The molecule has 0 aromatic heterocycles. The Balaban J connectivity index is 2.18. The monoisotopic (exact) mass is 367 g/mol. The van der Waals surface area contributed by atoms with Crippen LogP contribution in [0.3, 0.4) is 0 Å². The second kappa shape index (κ2) is 7.39. The van der Waals surface area contributed by atoms with Gasteiger partial charge in [-0.1, -0.05) is 44.5 Å². The van der Waals surface area contributed by atoms with Gasteiger partial charge in [-0.25, -0.2) is 18.5 Å². The lowest BCUT2D eigenvalue weighted by molar-refractivity contribution is 0.257. The fourth-order valence-electron chi connectivity index (χ4n) is 1.98. The minimum absolute atomic E-state index is 0.273. The Labute approximate surface area is 140 Å². The van der Waals surface area contributed by atoms with Crippen LogP contribution in [-0.2, 0) is 9.92 Å². The van der Waals surface area contributed by atoms with E-state index in [0.29, 0.717) is 14.3 Å². The molecule has 0 aliphatic carbocycles. The van der Waals surface area contributed by atoms with Crippen LogP contribution >= 0.6 is 17.8 Å². The van der Waals surface area contributed by atoms with Gasteiger partial charge in [0, 0.05) is 0 Å². The minimum Gasteiger partial charge on any atom is -0.306 e. The van der Waals surface area contributed by atoms with Gasteiger partial charge in [-0.3, -0.25) is 0 Å². The molecule has 0 fully saturated rings. The first kappa shape index (κ1) is 17.9. The standard InChI is InChI=1S/C15H19N3O2P2S/c1-10-6-8-11(9-7-10)23(16,20)18-15(19)17-14-12(21)4-3-5-13(14)22-2/h3-9,22H,21H2,1-2H3,(H3,16,17,18,19,20). The van der Waals surface area contributed by atoms with E-state index in [1.54, 1.807) is 24.3 Å². The highest BCUT2D eigenvalue weighted by Crippen LogP contribution is 2.15. The summed E-state index contributed by atoms with van der Waals surface area (Å²) in [6.45, 7) is 3.92. The Morgan fingerprint density at radius 3 is 2.48 bits per heavy atom. The Morgan fingerprint density at radius 1 is 1.22 bits per heavy atom. The summed E-state index contributed by atoms with van der Waals surface area (Å²) in [7, 11) is -0.322. The molecule has 0 saturated carbocycles. The van der Waals surface area contributed by atoms with Crippen molar-refractivity contribution in [2.75, 3.05) is 12.0 Å². The van der Waals surface area contributed by atoms with Crippen molar-refractivity contribution in [3.63, 3.8) is 0 Å². The number of amides is 2. The van der Waals surface area contributed by atoms with Gasteiger partial charge in [0.25, 0.3) is 0 Å². The summed E-state index contributed by atoms with van der Waals surface area (Å²) in [4.78, 5) is 12.4. The molecule has 0 aliphatic heterocycles. The van der Waals surface area contributed by atoms with Crippen LogP contribution in [0.25, 0.3) is 0 Å². The highest BCUT2D eigenvalue weighted by molar-refractivity contribution is 7.91. The lowest BCUT2D eigenvalue weighted by Gasteiger charge is -2.15. The minimum atomic E-state index is -3.40. The van der Waals surface area contributed by atoms with E-state index >= 15 is 0 Å². The molecule has 0 bridgehead atoms. The average molecular weight is 367 g/mol. The van der Waals surface area contributed by atoms with Crippen molar-refractivity contribution in [1.29, 1.82) is 4.78 Å². The van der Waals surface area contributed by atoms with E-state index in [2.05, 4.69) is 19.3 Å². The van der Waals surface area contributed by atoms with Gasteiger partial charge in [-0.05, 0) is 36.3 Å². The van der Waals surface area contributed by atoms with Crippen LogP contribution < -0.4 is 20.6 Å². The maximum Gasteiger partial charge on any atom is 0.331 e. The molecular formula is C15H19N3O2P2S. The number of aryl methyl sites for hydroxylation is 1. The van der Waals surface area contributed by atoms with E-state index in [9.17, 15) is 9.00 Å². The number of benzene rings is 2. The molecule has 0 spiro atoms. The lowest BCUT2D eigenvalue weighted by Crippen LogP contribution is -2.35.